The molecule has 150 valence electrons. The first-order chi connectivity index (χ1) is 14.1. The summed E-state index contributed by atoms with van der Waals surface area (Å²) in [6.07, 6.45) is 0. The number of carbonyl (C=O) groups excluding carboxylic acids is 1. The number of halogens is 1. The molecule has 1 saturated heterocycles. The Morgan fingerprint density at radius 2 is 1.90 bits per heavy atom. The predicted molar refractivity (Wildman–Crippen MR) is 119 cm³/mol. The number of ether oxygens (including phenoxy) is 1. The summed E-state index contributed by atoms with van der Waals surface area (Å²) in [7, 11) is 1.68. The van der Waals surface area contributed by atoms with E-state index in [1.807, 2.05) is 53.4 Å². The minimum atomic E-state index is 0.114. The molecule has 1 aromatic heterocycles. The molecular formula is C22H22BrN3O2S. The molecular weight excluding hydrogens is 450 g/mol. The molecule has 0 unspecified atom stereocenters. The SMILES string of the molecule is COc1ccc(Br)cc1-c1nc(CN2CCN(C(=O)c3ccccc3)CC2)cs1. The Labute approximate surface area is 183 Å². The van der Waals surface area contributed by atoms with Gasteiger partial charge in [0.15, 0.2) is 0 Å². The summed E-state index contributed by atoms with van der Waals surface area (Å²) in [5.41, 5.74) is 2.80. The fourth-order valence-electron chi connectivity index (χ4n) is 3.45. The summed E-state index contributed by atoms with van der Waals surface area (Å²) >= 11 is 5.15. The first-order valence-corrected chi connectivity index (χ1v) is 11.2. The highest BCUT2D eigenvalue weighted by Crippen LogP contribution is 2.34. The maximum absolute atomic E-state index is 12.6. The van der Waals surface area contributed by atoms with Crippen LogP contribution in [0.1, 0.15) is 16.1 Å². The molecule has 1 aliphatic heterocycles. The molecule has 3 aromatic rings. The monoisotopic (exact) mass is 471 g/mol. The number of aromatic nitrogens is 1. The third kappa shape index (κ3) is 4.69. The van der Waals surface area contributed by atoms with Crippen LogP contribution in [-0.4, -0.2) is 54.0 Å². The molecule has 0 radical (unpaired) electrons. The number of hydrogen-bond donors (Lipinski definition) is 0. The summed E-state index contributed by atoms with van der Waals surface area (Å²) < 4.78 is 6.49. The third-order valence-electron chi connectivity index (χ3n) is 5.01. The fourth-order valence-corrected chi connectivity index (χ4v) is 4.64. The molecule has 2 aromatic carbocycles. The van der Waals surface area contributed by atoms with Crippen molar-refractivity contribution in [1.82, 2.24) is 14.8 Å². The molecule has 0 atom stereocenters. The summed E-state index contributed by atoms with van der Waals surface area (Å²) in [5.74, 6) is 0.935. The van der Waals surface area contributed by atoms with Gasteiger partial charge in [0, 0.05) is 48.1 Å². The second-order valence-electron chi connectivity index (χ2n) is 6.92. The zero-order valence-corrected chi connectivity index (χ0v) is 18.6. The van der Waals surface area contributed by atoms with Gasteiger partial charge in [0.2, 0.25) is 0 Å². The minimum Gasteiger partial charge on any atom is -0.496 e. The first-order valence-electron chi connectivity index (χ1n) is 9.49. The average molecular weight is 472 g/mol. The van der Waals surface area contributed by atoms with Crippen LogP contribution < -0.4 is 4.74 Å². The molecule has 0 aliphatic carbocycles. The van der Waals surface area contributed by atoms with Crippen molar-refractivity contribution in [1.29, 1.82) is 0 Å². The van der Waals surface area contributed by atoms with Gasteiger partial charge in [0.1, 0.15) is 10.8 Å². The molecule has 0 spiro atoms. The van der Waals surface area contributed by atoms with E-state index in [1.165, 1.54) is 0 Å². The van der Waals surface area contributed by atoms with Crippen molar-refractivity contribution in [3.8, 4) is 16.3 Å². The Balaban J connectivity index is 1.37. The molecule has 29 heavy (non-hydrogen) atoms. The Morgan fingerprint density at radius 1 is 1.14 bits per heavy atom. The smallest absolute Gasteiger partial charge is 0.253 e. The number of methoxy groups -OCH3 is 1. The molecule has 0 bridgehead atoms. The van der Waals surface area contributed by atoms with E-state index < -0.39 is 0 Å². The maximum atomic E-state index is 12.6. The molecule has 1 fully saturated rings. The van der Waals surface area contributed by atoms with Gasteiger partial charge >= 0.3 is 0 Å². The van der Waals surface area contributed by atoms with Crippen molar-refractivity contribution in [3.63, 3.8) is 0 Å². The molecule has 0 saturated carbocycles. The number of benzene rings is 2. The lowest BCUT2D eigenvalue weighted by Gasteiger charge is -2.34. The normalized spacial score (nSPS) is 14.8. The third-order valence-corrected chi connectivity index (χ3v) is 6.43. The van der Waals surface area contributed by atoms with Gasteiger partial charge in [-0.15, -0.1) is 11.3 Å². The minimum absolute atomic E-state index is 0.114. The van der Waals surface area contributed by atoms with Crippen LogP contribution in [0.25, 0.3) is 10.6 Å². The first kappa shape index (κ1) is 20.1. The van der Waals surface area contributed by atoms with Crippen LogP contribution in [0, 0.1) is 0 Å². The van der Waals surface area contributed by atoms with E-state index in [4.69, 9.17) is 9.72 Å². The van der Waals surface area contributed by atoms with Crippen LogP contribution in [0.2, 0.25) is 0 Å². The van der Waals surface area contributed by atoms with Crippen molar-refractivity contribution in [2.75, 3.05) is 33.3 Å². The molecule has 7 heteroatoms. The quantitative estimate of drug-likeness (QED) is 0.547. The molecule has 5 nitrogen and oxygen atoms in total. The molecule has 2 heterocycles. The summed E-state index contributed by atoms with van der Waals surface area (Å²) in [6, 6.07) is 15.4. The second-order valence-corrected chi connectivity index (χ2v) is 8.70. The number of nitrogens with zero attached hydrogens (tertiary/aromatic N) is 3. The van der Waals surface area contributed by atoms with Crippen molar-refractivity contribution in [2.24, 2.45) is 0 Å². The van der Waals surface area contributed by atoms with E-state index in [0.717, 1.165) is 64.8 Å². The lowest BCUT2D eigenvalue weighted by atomic mass is 10.2. The topological polar surface area (TPSA) is 45.7 Å². The van der Waals surface area contributed by atoms with Gasteiger partial charge in [-0.05, 0) is 30.3 Å². The lowest BCUT2D eigenvalue weighted by molar-refractivity contribution is 0.0627. The zero-order valence-electron chi connectivity index (χ0n) is 16.2. The average Bonchev–Trinajstić information content (AvgIpc) is 3.23. The Morgan fingerprint density at radius 3 is 2.62 bits per heavy atom. The van der Waals surface area contributed by atoms with Gasteiger partial charge < -0.3 is 9.64 Å². The van der Waals surface area contributed by atoms with Crippen molar-refractivity contribution < 1.29 is 9.53 Å². The van der Waals surface area contributed by atoms with E-state index in [0.29, 0.717) is 0 Å². The highest BCUT2D eigenvalue weighted by Gasteiger charge is 2.22. The lowest BCUT2D eigenvalue weighted by Crippen LogP contribution is -2.48. The number of thiazole rings is 1. The van der Waals surface area contributed by atoms with E-state index in [9.17, 15) is 4.79 Å². The highest BCUT2D eigenvalue weighted by molar-refractivity contribution is 9.10. The number of piperazine rings is 1. The van der Waals surface area contributed by atoms with Crippen LogP contribution in [0.4, 0.5) is 0 Å². The van der Waals surface area contributed by atoms with Gasteiger partial charge in [0.25, 0.3) is 5.91 Å². The van der Waals surface area contributed by atoms with Gasteiger partial charge in [-0.3, -0.25) is 9.69 Å². The van der Waals surface area contributed by atoms with Crippen LogP contribution in [0.3, 0.4) is 0 Å². The van der Waals surface area contributed by atoms with Gasteiger partial charge in [-0.1, -0.05) is 34.1 Å². The molecule has 4 rings (SSSR count). The zero-order chi connectivity index (χ0) is 20.2. The molecule has 1 aliphatic rings. The second kappa shape index (κ2) is 9.07. The van der Waals surface area contributed by atoms with Gasteiger partial charge in [0.05, 0.1) is 18.4 Å². The number of carbonyl (C=O) groups is 1. The van der Waals surface area contributed by atoms with E-state index >= 15 is 0 Å². The van der Waals surface area contributed by atoms with Crippen LogP contribution >= 0.6 is 27.3 Å². The van der Waals surface area contributed by atoms with E-state index in [-0.39, 0.29) is 5.91 Å². The standard InChI is InChI=1S/C22H22BrN3O2S/c1-28-20-8-7-17(23)13-19(20)21-24-18(15-29-21)14-25-9-11-26(12-10-25)22(27)16-5-3-2-4-6-16/h2-8,13,15H,9-12,14H2,1H3. The predicted octanol–water partition coefficient (Wildman–Crippen LogP) is 4.54. The van der Waals surface area contributed by atoms with Crippen molar-refractivity contribution in [2.45, 2.75) is 6.54 Å². The Hall–Kier alpha value is -2.22. The van der Waals surface area contributed by atoms with E-state index in [1.54, 1.807) is 18.4 Å². The molecule has 1 amide bonds. The maximum Gasteiger partial charge on any atom is 0.253 e. The summed E-state index contributed by atoms with van der Waals surface area (Å²) in [6.45, 7) is 3.98. The van der Waals surface area contributed by atoms with Crippen LogP contribution in [0.5, 0.6) is 5.75 Å². The van der Waals surface area contributed by atoms with Crippen molar-refractivity contribution >= 4 is 33.2 Å². The molecule has 0 N–H and O–H groups in total. The number of rotatable bonds is 5. The summed E-state index contributed by atoms with van der Waals surface area (Å²) in [5, 5.41) is 3.06. The van der Waals surface area contributed by atoms with Crippen molar-refractivity contribution in [3.05, 3.63) is 69.6 Å². The number of amides is 1. The van der Waals surface area contributed by atoms with Gasteiger partial charge in [-0.25, -0.2) is 4.98 Å². The number of hydrogen-bond acceptors (Lipinski definition) is 5. The van der Waals surface area contributed by atoms with Gasteiger partial charge in [-0.2, -0.15) is 0 Å². The van der Waals surface area contributed by atoms with Crippen LogP contribution in [-0.2, 0) is 6.54 Å². The fraction of sp³-hybridized carbons (Fsp3) is 0.273. The van der Waals surface area contributed by atoms with Crippen LogP contribution in [0.15, 0.2) is 58.4 Å². The largest absolute Gasteiger partial charge is 0.496 e. The summed E-state index contributed by atoms with van der Waals surface area (Å²) in [4.78, 5) is 21.7. The Kier molecular flexibility index (Phi) is 6.28. The Bertz CT molecular complexity index is 985. The van der Waals surface area contributed by atoms with E-state index in [2.05, 4.69) is 26.2 Å². The highest BCUT2D eigenvalue weighted by atomic mass is 79.9.